The number of aliphatic hydroxyl groups excluding tert-OH is 1. The number of hydrogen-bond acceptors (Lipinski definition) is 2. The molecule has 0 saturated carbocycles. The number of aliphatic hydroxyl groups is 1. The van der Waals surface area contributed by atoms with Crippen LogP contribution < -0.4 is 0 Å². The molecule has 0 bridgehead atoms. The van der Waals surface area contributed by atoms with E-state index in [1.165, 1.54) is 35.2 Å². The molecule has 19 heavy (non-hydrogen) atoms. The number of phenolic OH excluding ortho intramolecular Hbond substituents is 1. The molecule has 2 N–H and O–H groups in total. The highest BCUT2D eigenvalue weighted by Gasteiger charge is 2.39. The van der Waals surface area contributed by atoms with Crippen molar-refractivity contribution in [1.82, 2.24) is 4.57 Å². The molecule has 1 atom stereocenters. The number of nitrogens with zero attached hydrogens (tertiary/aromatic N) is 1. The van der Waals surface area contributed by atoms with E-state index >= 15 is 0 Å². The monoisotopic (exact) mass is 271 g/mol. The van der Waals surface area contributed by atoms with Crippen LogP contribution in [0.1, 0.15) is 17.2 Å². The molecule has 2 rings (SSSR count). The molecule has 1 aromatic heterocycles. The first-order valence-corrected chi connectivity index (χ1v) is 5.54. The SMILES string of the molecule is Oc1cccc(Cn2ccc(C(O)C(F)(F)F)c2)c1. The Labute approximate surface area is 107 Å². The second kappa shape index (κ2) is 4.97. The minimum atomic E-state index is -4.67. The minimum Gasteiger partial charge on any atom is -0.508 e. The van der Waals surface area contributed by atoms with E-state index in [1.807, 2.05) is 0 Å². The molecule has 1 heterocycles. The second-order valence-corrected chi connectivity index (χ2v) is 4.23. The molecule has 0 fully saturated rings. The van der Waals surface area contributed by atoms with Crippen molar-refractivity contribution >= 4 is 0 Å². The van der Waals surface area contributed by atoms with Crippen LogP contribution in [0.15, 0.2) is 42.7 Å². The van der Waals surface area contributed by atoms with Gasteiger partial charge in [0.25, 0.3) is 0 Å². The molecule has 3 nitrogen and oxygen atoms in total. The van der Waals surface area contributed by atoms with Gasteiger partial charge in [-0.15, -0.1) is 0 Å². The largest absolute Gasteiger partial charge is 0.508 e. The predicted octanol–water partition coefficient (Wildman–Crippen LogP) is 2.84. The quantitative estimate of drug-likeness (QED) is 0.901. The van der Waals surface area contributed by atoms with Crippen LogP contribution in [-0.4, -0.2) is 21.0 Å². The van der Waals surface area contributed by atoms with Crippen molar-refractivity contribution in [3.8, 4) is 5.75 Å². The summed E-state index contributed by atoms with van der Waals surface area (Å²) in [6, 6.07) is 7.66. The van der Waals surface area contributed by atoms with E-state index in [9.17, 15) is 18.3 Å². The first kappa shape index (κ1) is 13.5. The number of aromatic nitrogens is 1. The van der Waals surface area contributed by atoms with Crippen LogP contribution in [0.4, 0.5) is 13.2 Å². The Hall–Kier alpha value is -1.95. The average molecular weight is 271 g/mol. The van der Waals surface area contributed by atoms with E-state index in [1.54, 1.807) is 12.1 Å². The maximum atomic E-state index is 12.3. The standard InChI is InChI=1S/C13H12F3NO2/c14-13(15,16)12(19)10-4-5-17(8-10)7-9-2-1-3-11(18)6-9/h1-6,8,12,18-19H,7H2. The Kier molecular flexibility index (Phi) is 3.53. The Morgan fingerprint density at radius 3 is 2.58 bits per heavy atom. The Balaban J connectivity index is 2.14. The van der Waals surface area contributed by atoms with Crippen LogP contribution in [-0.2, 0) is 6.54 Å². The van der Waals surface area contributed by atoms with Crippen molar-refractivity contribution in [2.45, 2.75) is 18.8 Å². The predicted molar refractivity (Wildman–Crippen MR) is 62.7 cm³/mol. The van der Waals surface area contributed by atoms with Gasteiger partial charge in [0.05, 0.1) is 0 Å². The van der Waals surface area contributed by atoms with Crippen molar-refractivity contribution in [2.75, 3.05) is 0 Å². The first-order chi connectivity index (χ1) is 8.86. The molecule has 0 saturated heterocycles. The van der Waals surface area contributed by atoms with Gasteiger partial charge in [0.2, 0.25) is 0 Å². The molecule has 1 unspecified atom stereocenters. The maximum Gasteiger partial charge on any atom is 0.418 e. The molecule has 6 heteroatoms. The summed E-state index contributed by atoms with van der Waals surface area (Å²) in [5.74, 6) is 0.0974. The number of hydrogen-bond donors (Lipinski definition) is 2. The fourth-order valence-electron chi connectivity index (χ4n) is 1.77. The van der Waals surface area contributed by atoms with E-state index < -0.39 is 12.3 Å². The van der Waals surface area contributed by atoms with Crippen LogP contribution >= 0.6 is 0 Å². The number of phenols is 1. The van der Waals surface area contributed by atoms with Crippen LogP contribution in [0.5, 0.6) is 5.75 Å². The van der Waals surface area contributed by atoms with Crippen molar-refractivity contribution < 1.29 is 23.4 Å². The third-order valence-electron chi connectivity index (χ3n) is 2.67. The molecular formula is C13H12F3NO2. The Morgan fingerprint density at radius 1 is 1.21 bits per heavy atom. The molecule has 0 aliphatic carbocycles. The third kappa shape index (κ3) is 3.29. The van der Waals surface area contributed by atoms with Crippen LogP contribution in [0.3, 0.4) is 0 Å². The van der Waals surface area contributed by atoms with E-state index in [2.05, 4.69) is 0 Å². The van der Waals surface area contributed by atoms with Crippen molar-refractivity contribution in [1.29, 1.82) is 0 Å². The van der Waals surface area contributed by atoms with Gasteiger partial charge in [0, 0.05) is 24.5 Å². The van der Waals surface area contributed by atoms with Crippen LogP contribution in [0, 0.1) is 0 Å². The summed E-state index contributed by atoms with van der Waals surface area (Å²) in [6.07, 6.45) is -4.45. The van der Waals surface area contributed by atoms with Crippen LogP contribution in [0.25, 0.3) is 0 Å². The van der Waals surface area contributed by atoms with Crippen molar-refractivity contribution in [3.63, 3.8) is 0 Å². The third-order valence-corrected chi connectivity index (χ3v) is 2.67. The van der Waals surface area contributed by atoms with Gasteiger partial charge in [-0.2, -0.15) is 13.2 Å². The lowest BCUT2D eigenvalue weighted by Gasteiger charge is -2.12. The lowest BCUT2D eigenvalue weighted by atomic mass is 10.2. The molecule has 0 aliphatic rings. The van der Waals surface area contributed by atoms with Gasteiger partial charge in [-0.3, -0.25) is 0 Å². The number of aromatic hydroxyl groups is 1. The lowest BCUT2D eigenvalue weighted by Crippen LogP contribution is -2.19. The first-order valence-electron chi connectivity index (χ1n) is 5.54. The molecule has 1 aromatic carbocycles. The van der Waals surface area contributed by atoms with Crippen LogP contribution in [0.2, 0.25) is 0 Å². The van der Waals surface area contributed by atoms with E-state index in [-0.39, 0.29) is 11.3 Å². The van der Waals surface area contributed by atoms with E-state index in [0.717, 1.165) is 5.56 Å². The summed E-state index contributed by atoms with van der Waals surface area (Å²) in [5, 5.41) is 18.4. The van der Waals surface area contributed by atoms with Gasteiger partial charge in [-0.05, 0) is 23.8 Å². The smallest absolute Gasteiger partial charge is 0.418 e. The fraction of sp³-hybridized carbons (Fsp3) is 0.231. The fourth-order valence-corrected chi connectivity index (χ4v) is 1.77. The Bertz CT molecular complexity index is 563. The zero-order chi connectivity index (χ0) is 14.0. The second-order valence-electron chi connectivity index (χ2n) is 4.23. The molecule has 0 amide bonds. The summed E-state index contributed by atoms with van der Waals surface area (Å²) in [4.78, 5) is 0. The number of benzene rings is 1. The summed E-state index contributed by atoms with van der Waals surface area (Å²) in [7, 11) is 0. The Morgan fingerprint density at radius 2 is 1.95 bits per heavy atom. The molecular weight excluding hydrogens is 259 g/mol. The summed E-state index contributed by atoms with van der Waals surface area (Å²) >= 11 is 0. The van der Waals surface area contributed by atoms with Gasteiger partial charge in [0.1, 0.15) is 5.75 Å². The van der Waals surface area contributed by atoms with Crippen molar-refractivity contribution in [2.24, 2.45) is 0 Å². The topological polar surface area (TPSA) is 45.4 Å². The highest BCUT2D eigenvalue weighted by atomic mass is 19.4. The summed E-state index contributed by atoms with van der Waals surface area (Å²) < 4.78 is 38.5. The highest BCUT2D eigenvalue weighted by molar-refractivity contribution is 5.27. The van der Waals surface area contributed by atoms with E-state index in [4.69, 9.17) is 5.11 Å². The minimum absolute atomic E-state index is 0.0974. The number of rotatable bonds is 3. The normalized spacial score (nSPS) is 13.5. The lowest BCUT2D eigenvalue weighted by molar-refractivity contribution is -0.206. The van der Waals surface area contributed by atoms with E-state index in [0.29, 0.717) is 6.54 Å². The average Bonchev–Trinajstić information content (AvgIpc) is 2.75. The van der Waals surface area contributed by atoms with Gasteiger partial charge in [-0.1, -0.05) is 12.1 Å². The molecule has 2 aromatic rings. The van der Waals surface area contributed by atoms with Crippen molar-refractivity contribution in [3.05, 3.63) is 53.9 Å². The number of alkyl halides is 3. The maximum absolute atomic E-state index is 12.3. The summed E-state index contributed by atoms with van der Waals surface area (Å²) in [5.41, 5.74) is 0.552. The number of halogens is 3. The van der Waals surface area contributed by atoms with Gasteiger partial charge < -0.3 is 14.8 Å². The summed E-state index contributed by atoms with van der Waals surface area (Å²) in [6.45, 7) is 0.318. The van der Waals surface area contributed by atoms with Gasteiger partial charge in [-0.25, -0.2) is 0 Å². The molecule has 0 spiro atoms. The zero-order valence-electron chi connectivity index (χ0n) is 9.80. The molecule has 102 valence electrons. The van der Waals surface area contributed by atoms with Gasteiger partial charge >= 0.3 is 6.18 Å². The van der Waals surface area contributed by atoms with Gasteiger partial charge in [0.15, 0.2) is 6.10 Å². The molecule has 0 radical (unpaired) electrons. The highest BCUT2D eigenvalue weighted by Crippen LogP contribution is 2.32. The zero-order valence-corrected chi connectivity index (χ0v) is 9.80. The molecule has 0 aliphatic heterocycles.